The number of nitriles is 1. The van der Waals surface area contributed by atoms with Gasteiger partial charge in [-0.25, -0.2) is 4.98 Å². The molecule has 0 spiro atoms. The number of nitrogens with zero attached hydrogens (tertiary/aromatic N) is 3. The standard InChI is InChI=1S/C19H19N7O4S2/c1-8-3-10(5-20)4-9(2)14(8)24-16(29)11-6-22-19(31-11)25-18-13(17(30)26-32-18)15(21)23-12(28)7-27/h3-4,6,12,27-28H,7H2,1-2H3,(H2,21,23)(H,22,25)(H,24,29)(H,26,30). The van der Waals surface area contributed by atoms with Gasteiger partial charge in [0, 0.05) is 5.69 Å². The minimum absolute atomic E-state index is 0.00691. The molecule has 166 valence electrons. The Morgan fingerprint density at radius 2 is 2.03 bits per heavy atom. The molecular formula is C19H19N7O4S2. The highest BCUT2D eigenvalue weighted by Gasteiger charge is 2.21. The summed E-state index contributed by atoms with van der Waals surface area (Å²) in [6.07, 6.45) is 0.00925. The molecule has 13 heteroatoms. The summed E-state index contributed by atoms with van der Waals surface area (Å²) in [4.78, 5) is 17.2. The number of rotatable bonds is 7. The highest BCUT2D eigenvalue weighted by Crippen LogP contribution is 2.33. The van der Waals surface area contributed by atoms with Crippen LogP contribution in [0.5, 0.6) is 5.88 Å². The average Bonchev–Trinajstić information content (AvgIpc) is 3.37. The van der Waals surface area contributed by atoms with Crippen molar-refractivity contribution in [3.63, 3.8) is 0 Å². The third-order valence-corrected chi connectivity index (χ3v) is 5.92. The number of amidine groups is 1. The Hall–Kier alpha value is -3.57. The van der Waals surface area contributed by atoms with Crippen LogP contribution in [0.25, 0.3) is 0 Å². The minimum atomic E-state index is -1.38. The van der Waals surface area contributed by atoms with Crippen LogP contribution in [0.4, 0.5) is 15.8 Å². The summed E-state index contributed by atoms with van der Waals surface area (Å²) in [5, 5.41) is 54.0. The highest BCUT2D eigenvalue weighted by atomic mass is 32.1. The number of aromatic hydroxyl groups is 1. The van der Waals surface area contributed by atoms with Crippen LogP contribution in [0.1, 0.15) is 31.9 Å². The molecule has 2 aromatic heterocycles. The first kappa shape index (κ1) is 23.1. The summed E-state index contributed by atoms with van der Waals surface area (Å²) in [5.74, 6) is -1.15. The van der Waals surface area contributed by atoms with E-state index in [4.69, 9.17) is 15.8 Å². The Bertz CT molecular complexity index is 1190. The number of aromatic nitrogens is 2. The van der Waals surface area contributed by atoms with Crippen molar-refractivity contribution in [2.45, 2.75) is 20.1 Å². The lowest BCUT2D eigenvalue weighted by Gasteiger charge is -2.12. The highest BCUT2D eigenvalue weighted by molar-refractivity contribution is 7.18. The van der Waals surface area contributed by atoms with E-state index >= 15 is 0 Å². The van der Waals surface area contributed by atoms with Crippen LogP contribution >= 0.6 is 22.9 Å². The number of carbonyl (C=O) groups excluding carboxylic acids is 1. The van der Waals surface area contributed by atoms with E-state index in [2.05, 4.69) is 31.4 Å². The van der Waals surface area contributed by atoms with E-state index in [0.29, 0.717) is 21.3 Å². The number of amides is 1. The maximum Gasteiger partial charge on any atom is 0.267 e. The topological polar surface area (TPSA) is 187 Å². The van der Waals surface area contributed by atoms with E-state index in [9.17, 15) is 15.0 Å². The van der Waals surface area contributed by atoms with E-state index in [1.165, 1.54) is 6.20 Å². The molecule has 1 unspecified atom stereocenters. The number of hydrogen-bond acceptors (Lipinski definition) is 11. The molecule has 0 bridgehead atoms. The Kier molecular flexibility index (Phi) is 7.01. The lowest BCUT2D eigenvalue weighted by atomic mass is 10.0. The van der Waals surface area contributed by atoms with Crippen LogP contribution < -0.4 is 16.0 Å². The van der Waals surface area contributed by atoms with E-state index in [1.54, 1.807) is 26.0 Å². The van der Waals surface area contributed by atoms with Gasteiger partial charge in [-0.2, -0.15) is 9.64 Å². The summed E-state index contributed by atoms with van der Waals surface area (Å²) in [6.45, 7) is 2.99. The predicted octanol–water partition coefficient (Wildman–Crippen LogP) is 2.02. The number of nitrogens with one attached hydrogen (secondary N) is 4. The summed E-state index contributed by atoms with van der Waals surface area (Å²) in [7, 11) is 0. The van der Waals surface area contributed by atoms with Crippen molar-refractivity contribution >= 4 is 50.4 Å². The van der Waals surface area contributed by atoms with Gasteiger partial charge >= 0.3 is 0 Å². The Balaban J connectivity index is 1.76. The largest absolute Gasteiger partial charge is 0.492 e. The molecule has 1 amide bonds. The summed E-state index contributed by atoms with van der Waals surface area (Å²) in [6, 6.07) is 5.46. The fraction of sp³-hybridized carbons (Fsp3) is 0.211. The van der Waals surface area contributed by atoms with Crippen LogP contribution in [-0.2, 0) is 0 Å². The zero-order valence-corrected chi connectivity index (χ0v) is 18.6. The van der Waals surface area contributed by atoms with Gasteiger partial charge in [0.15, 0.2) is 5.13 Å². The van der Waals surface area contributed by atoms with Crippen molar-refractivity contribution < 1.29 is 20.1 Å². The zero-order chi connectivity index (χ0) is 23.4. The Labute approximate surface area is 190 Å². The fourth-order valence-electron chi connectivity index (χ4n) is 2.81. The SMILES string of the molecule is Cc1cc(C#N)cc(C)c1NC(=O)c1cnc(Nc2snc(O)c2C(=N)NC(O)CO)s1. The smallest absolute Gasteiger partial charge is 0.267 e. The second-order valence-electron chi connectivity index (χ2n) is 6.63. The zero-order valence-electron chi connectivity index (χ0n) is 16.9. The Morgan fingerprint density at radius 3 is 2.66 bits per heavy atom. The van der Waals surface area contributed by atoms with Gasteiger partial charge in [-0.3, -0.25) is 10.2 Å². The normalized spacial score (nSPS) is 11.5. The molecule has 0 aliphatic carbocycles. The third-order valence-electron chi connectivity index (χ3n) is 4.26. The van der Waals surface area contributed by atoms with Crippen molar-refractivity contribution in [2.24, 2.45) is 0 Å². The van der Waals surface area contributed by atoms with Crippen molar-refractivity contribution in [1.29, 1.82) is 10.7 Å². The molecule has 0 saturated heterocycles. The van der Waals surface area contributed by atoms with Gasteiger partial charge in [0.2, 0.25) is 5.88 Å². The maximum atomic E-state index is 12.7. The van der Waals surface area contributed by atoms with Gasteiger partial charge < -0.3 is 31.3 Å². The maximum absolute atomic E-state index is 12.7. The van der Waals surface area contributed by atoms with Crippen molar-refractivity contribution in [1.82, 2.24) is 14.7 Å². The van der Waals surface area contributed by atoms with Gasteiger partial charge in [0.1, 0.15) is 27.5 Å². The molecule has 0 fully saturated rings. The molecule has 0 radical (unpaired) electrons. The molecular weight excluding hydrogens is 454 g/mol. The first-order valence-corrected chi connectivity index (χ1v) is 10.7. The number of thiazole rings is 1. The van der Waals surface area contributed by atoms with E-state index in [-0.39, 0.29) is 22.3 Å². The first-order chi connectivity index (χ1) is 15.2. The molecule has 11 nitrogen and oxygen atoms in total. The van der Waals surface area contributed by atoms with Crippen molar-refractivity contribution in [3.05, 3.63) is 45.5 Å². The third kappa shape index (κ3) is 5.01. The average molecular weight is 474 g/mol. The number of carbonyl (C=O) groups is 1. The quantitative estimate of drug-likeness (QED) is 0.153. The van der Waals surface area contributed by atoms with Crippen molar-refractivity contribution in [2.75, 3.05) is 17.2 Å². The van der Waals surface area contributed by atoms with Crippen LogP contribution in [-0.4, -0.2) is 49.3 Å². The fourth-order valence-corrected chi connectivity index (χ4v) is 4.29. The molecule has 1 atom stereocenters. The monoisotopic (exact) mass is 473 g/mol. The number of aryl methyl sites for hydroxylation is 2. The second-order valence-corrected chi connectivity index (χ2v) is 8.44. The number of hydrogen-bond donors (Lipinski definition) is 7. The molecule has 1 aromatic carbocycles. The summed E-state index contributed by atoms with van der Waals surface area (Å²) in [5.41, 5.74) is 2.65. The number of aliphatic hydroxyl groups is 2. The lowest BCUT2D eigenvalue weighted by molar-refractivity contribution is 0.0840. The van der Waals surface area contributed by atoms with Crippen LogP contribution in [0.3, 0.4) is 0 Å². The van der Waals surface area contributed by atoms with E-state index in [0.717, 1.165) is 34.0 Å². The number of aliphatic hydroxyl groups excluding tert-OH is 2. The van der Waals surface area contributed by atoms with Crippen LogP contribution in [0.15, 0.2) is 18.3 Å². The first-order valence-electron chi connectivity index (χ1n) is 9.12. The van der Waals surface area contributed by atoms with Crippen LogP contribution in [0.2, 0.25) is 0 Å². The van der Waals surface area contributed by atoms with Crippen molar-refractivity contribution in [3.8, 4) is 11.9 Å². The molecule has 0 aliphatic rings. The molecule has 2 heterocycles. The van der Waals surface area contributed by atoms with Crippen LogP contribution in [0, 0.1) is 30.6 Å². The van der Waals surface area contributed by atoms with Gasteiger partial charge in [-0.1, -0.05) is 11.3 Å². The molecule has 0 saturated carbocycles. The second kappa shape index (κ2) is 9.71. The number of benzene rings is 1. The predicted molar refractivity (Wildman–Crippen MR) is 121 cm³/mol. The molecule has 7 N–H and O–H groups in total. The summed E-state index contributed by atoms with van der Waals surface area (Å²) < 4.78 is 3.78. The summed E-state index contributed by atoms with van der Waals surface area (Å²) >= 11 is 1.92. The minimum Gasteiger partial charge on any atom is -0.492 e. The van der Waals surface area contributed by atoms with Gasteiger partial charge in [0.25, 0.3) is 5.91 Å². The molecule has 3 aromatic rings. The van der Waals surface area contributed by atoms with E-state index < -0.39 is 18.7 Å². The number of anilines is 3. The molecule has 32 heavy (non-hydrogen) atoms. The van der Waals surface area contributed by atoms with Gasteiger partial charge in [-0.15, -0.1) is 0 Å². The lowest BCUT2D eigenvalue weighted by Crippen LogP contribution is -2.37. The molecule has 3 rings (SSSR count). The van der Waals surface area contributed by atoms with Gasteiger partial charge in [-0.05, 0) is 48.6 Å². The Morgan fingerprint density at radius 1 is 1.34 bits per heavy atom. The molecule has 0 aliphatic heterocycles. The van der Waals surface area contributed by atoms with Gasteiger partial charge in [0.05, 0.1) is 24.4 Å². The van der Waals surface area contributed by atoms with E-state index in [1.807, 2.05) is 0 Å².